The maximum absolute atomic E-state index is 12.0. The minimum Gasteiger partial charge on any atom is -0.350 e. The quantitative estimate of drug-likeness (QED) is 0.922. The van der Waals surface area contributed by atoms with E-state index in [1.807, 2.05) is 32.0 Å². The predicted molar refractivity (Wildman–Crippen MR) is 90.5 cm³/mol. The van der Waals surface area contributed by atoms with Gasteiger partial charge in [0, 0.05) is 38.1 Å². The molecule has 5 nitrogen and oxygen atoms in total. The maximum Gasteiger partial charge on any atom is 0.252 e. The van der Waals surface area contributed by atoms with E-state index >= 15 is 0 Å². The number of aromatic nitrogens is 1. The number of rotatable bonds is 5. The molecule has 0 atom stereocenters. The molecule has 0 saturated heterocycles. The normalized spacial score (nSPS) is 10.2. The lowest BCUT2D eigenvalue weighted by Crippen LogP contribution is -2.38. The zero-order valence-electron chi connectivity index (χ0n) is 13.7. The van der Waals surface area contributed by atoms with Crippen LogP contribution < -0.4 is 10.2 Å². The smallest absolute Gasteiger partial charge is 0.252 e. The van der Waals surface area contributed by atoms with Crippen molar-refractivity contribution in [2.24, 2.45) is 0 Å². The number of carbonyl (C=O) groups excluding carboxylic acids is 2. The monoisotopic (exact) mass is 311 g/mol. The second-order valence-electron chi connectivity index (χ2n) is 5.41. The summed E-state index contributed by atoms with van der Waals surface area (Å²) in [6.45, 7) is 6.29. The summed E-state index contributed by atoms with van der Waals surface area (Å²) in [5.74, 6) is -0.235. The lowest BCUT2D eigenvalue weighted by atomic mass is 10.1. The van der Waals surface area contributed by atoms with Gasteiger partial charge in [-0.15, -0.1) is 0 Å². The van der Waals surface area contributed by atoms with Gasteiger partial charge in [0.05, 0.1) is 5.56 Å². The number of para-hydroxylation sites is 1. The first-order chi connectivity index (χ1) is 11.0. The summed E-state index contributed by atoms with van der Waals surface area (Å²) in [6.07, 6.45) is 3.14. The van der Waals surface area contributed by atoms with E-state index in [9.17, 15) is 9.59 Å². The van der Waals surface area contributed by atoms with Crippen molar-refractivity contribution in [3.8, 4) is 0 Å². The standard InChI is InChI=1S/C18H21N3O2/c1-13-6-4-7-14(2)17(13)21(15(3)22)11-10-20-18(23)16-8-5-9-19-12-16/h4-9,12H,10-11H2,1-3H3,(H,20,23). The summed E-state index contributed by atoms with van der Waals surface area (Å²) < 4.78 is 0. The SMILES string of the molecule is CC(=O)N(CCNC(=O)c1cccnc1)c1c(C)cccc1C. The molecule has 0 spiro atoms. The van der Waals surface area contributed by atoms with Crippen LogP contribution in [0.15, 0.2) is 42.7 Å². The molecule has 1 aromatic carbocycles. The summed E-state index contributed by atoms with van der Waals surface area (Å²) in [6, 6.07) is 9.35. The van der Waals surface area contributed by atoms with E-state index in [4.69, 9.17) is 0 Å². The van der Waals surface area contributed by atoms with E-state index in [0.717, 1.165) is 16.8 Å². The molecular weight excluding hydrogens is 290 g/mol. The number of amides is 2. The number of hydrogen-bond acceptors (Lipinski definition) is 3. The lowest BCUT2D eigenvalue weighted by Gasteiger charge is -2.25. The zero-order chi connectivity index (χ0) is 16.8. The Morgan fingerprint density at radius 1 is 1.13 bits per heavy atom. The van der Waals surface area contributed by atoms with Crippen LogP contribution in [0, 0.1) is 13.8 Å². The van der Waals surface area contributed by atoms with Gasteiger partial charge in [-0.3, -0.25) is 14.6 Å². The van der Waals surface area contributed by atoms with E-state index in [1.165, 1.54) is 13.1 Å². The van der Waals surface area contributed by atoms with Crippen LogP contribution in [0.4, 0.5) is 5.69 Å². The van der Waals surface area contributed by atoms with Gasteiger partial charge in [-0.1, -0.05) is 18.2 Å². The Balaban J connectivity index is 2.04. The summed E-state index contributed by atoms with van der Waals surface area (Å²) in [4.78, 5) is 29.6. The maximum atomic E-state index is 12.0. The van der Waals surface area contributed by atoms with E-state index in [0.29, 0.717) is 18.7 Å². The third kappa shape index (κ3) is 4.16. The third-order valence-corrected chi connectivity index (χ3v) is 3.63. The molecule has 0 radical (unpaired) electrons. The van der Waals surface area contributed by atoms with Crippen LogP contribution in [0.2, 0.25) is 0 Å². The van der Waals surface area contributed by atoms with Crippen molar-refractivity contribution in [3.05, 3.63) is 59.4 Å². The second kappa shape index (κ2) is 7.54. The first-order valence-corrected chi connectivity index (χ1v) is 7.53. The van der Waals surface area contributed by atoms with Crippen molar-refractivity contribution < 1.29 is 9.59 Å². The number of nitrogens with one attached hydrogen (secondary N) is 1. The minimum atomic E-state index is -0.192. The highest BCUT2D eigenvalue weighted by atomic mass is 16.2. The van der Waals surface area contributed by atoms with Gasteiger partial charge in [-0.05, 0) is 37.1 Å². The number of pyridine rings is 1. The topological polar surface area (TPSA) is 62.3 Å². The van der Waals surface area contributed by atoms with Crippen LogP contribution in [-0.4, -0.2) is 29.9 Å². The fourth-order valence-electron chi connectivity index (χ4n) is 2.54. The average molecular weight is 311 g/mol. The molecule has 1 heterocycles. The van der Waals surface area contributed by atoms with Gasteiger partial charge in [-0.25, -0.2) is 0 Å². The van der Waals surface area contributed by atoms with Crippen molar-refractivity contribution in [1.29, 1.82) is 0 Å². The molecule has 120 valence electrons. The third-order valence-electron chi connectivity index (χ3n) is 3.63. The van der Waals surface area contributed by atoms with Gasteiger partial charge in [0.25, 0.3) is 5.91 Å². The number of nitrogens with zero attached hydrogens (tertiary/aromatic N) is 2. The van der Waals surface area contributed by atoms with Crippen LogP contribution in [-0.2, 0) is 4.79 Å². The van der Waals surface area contributed by atoms with Gasteiger partial charge in [0.2, 0.25) is 5.91 Å². The van der Waals surface area contributed by atoms with E-state index in [2.05, 4.69) is 10.3 Å². The molecule has 2 aromatic rings. The average Bonchev–Trinajstić information content (AvgIpc) is 2.53. The highest BCUT2D eigenvalue weighted by Gasteiger charge is 2.16. The van der Waals surface area contributed by atoms with Gasteiger partial charge in [0.1, 0.15) is 0 Å². The molecule has 0 unspecified atom stereocenters. The second-order valence-corrected chi connectivity index (χ2v) is 5.41. The molecule has 0 fully saturated rings. The predicted octanol–water partition coefficient (Wildman–Crippen LogP) is 2.48. The Morgan fingerprint density at radius 3 is 2.39 bits per heavy atom. The van der Waals surface area contributed by atoms with Crippen LogP contribution in [0.25, 0.3) is 0 Å². The Morgan fingerprint density at radius 2 is 1.83 bits per heavy atom. The molecular formula is C18H21N3O2. The van der Waals surface area contributed by atoms with Crippen LogP contribution in [0.3, 0.4) is 0 Å². The zero-order valence-corrected chi connectivity index (χ0v) is 13.7. The molecule has 0 aliphatic carbocycles. The number of anilines is 1. The van der Waals surface area contributed by atoms with E-state index in [1.54, 1.807) is 23.2 Å². The molecule has 1 N–H and O–H groups in total. The molecule has 0 saturated carbocycles. The highest BCUT2D eigenvalue weighted by Crippen LogP contribution is 2.24. The largest absolute Gasteiger partial charge is 0.350 e. The van der Waals surface area contributed by atoms with Crippen LogP contribution in [0.1, 0.15) is 28.4 Å². The Kier molecular flexibility index (Phi) is 5.46. The van der Waals surface area contributed by atoms with Gasteiger partial charge in [-0.2, -0.15) is 0 Å². The van der Waals surface area contributed by atoms with Crippen molar-refractivity contribution in [2.45, 2.75) is 20.8 Å². The van der Waals surface area contributed by atoms with Gasteiger partial charge < -0.3 is 10.2 Å². The Hall–Kier alpha value is -2.69. The number of carbonyl (C=O) groups is 2. The first-order valence-electron chi connectivity index (χ1n) is 7.53. The number of aryl methyl sites for hydroxylation is 2. The number of hydrogen-bond donors (Lipinski definition) is 1. The van der Waals surface area contributed by atoms with E-state index < -0.39 is 0 Å². The fourth-order valence-corrected chi connectivity index (χ4v) is 2.54. The molecule has 0 aliphatic rings. The van der Waals surface area contributed by atoms with Crippen LogP contribution in [0.5, 0.6) is 0 Å². The summed E-state index contributed by atoms with van der Waals surface area (Å²) in [5.41, 5.74) is 3.50. The minimum absolute atomic E-state index is 0.0435. The molecule has 0 aliphatic heterocycles. The van der Waals surface area contributed by atoms with Gasteiger partial charge in [0.15, 0.2) is 0 Å². The Bertz CT molecular complexity index is 678. The highest BCUT2D eigenvalue weighted by molar-refractivity contribution is 5.95. The lowest BCUT2D eigenvalue weighted by molar-refractivity contribution is -0.116. The Labute approximate surface area is 136 Å². The molecule has 0 bridgehead atoms. The van der Waals surface area contributed by atoms with Crippen molar-refractivity contribution >= 4 is 17.5 Å². The van der Waals surface area contributed by atoms with Crippen molar-refractivity contribution in [1.82, 2.24) is 10.3 Å². The summed E-state index contributed by atoms with van der Waals surface area (Å²) in [7, 11) is 0. The molecule has 2 amide bonds. The van der Waals surface area contributed by atoms with E-state index in [-0.39, 0.29) is 11.8 Å². The molecule has 1 aromatic heterocycles. The van der Waals surface area contributed by atoms with Crippen molar-refractivity contribution in [3.63, 3.8) is 0 Å². The van der Waals surface area contributed by atoms with Crippen LogP contribution >= 0.6 is 0 Å². The summed E-state index contributed by atoms with van der Waals surface area (Å²) in [5, 5.41) is 2.82. The van der Waals surface area contributed by atoms with Gasteiger partial charge >= 0.3 is 0 Å². The van der Waals surface area contributed by atoms with Crippen molar-refractivity contribution in [2.75, 3.05) is 18.0 Å². The number of benzene rings is 1. The fraction of sp³-hybridized carbons (Fsp3) is 0.278. The molecule has 2 rings (SSSR count). The summed E-state index contributed by atoms with van der Waals surface area (Å²) >= 11 is 0. The molecule has 5 heteroatoms. The first kappa shape index (κ1) is 16.7. The molecule has 23 heavy (non-hydrogen) atoms.